The van der Waals surface area contributed by atoms with Crippen LogP contribution in [0.25, 0.3) is 9.88 Å². The number of thiophene rings is 1. The molecule has 108 valence electrons. The number of aromatic nitrogens is 2. The smallest absolute Gasteiger partial charge is 0.269 e. The van der Waals surface area contributed by atoms with Gasteiger partial charge in [0.05, 0.1) is 14.9 Å². The Morgan fingerprint density at radius 1 is 1.24 bits per heavy atom. The zero-order valence-corrected chi connectivity index (χ0v) is 14.3. The first-order valence-electron chi connectivity index (χ1n) is 6.00. The highest BCUT2D eigenvalue weighted by atomic mass is 35.5. The zero-order valence-electron chi connectivity index (χ0n) is 11.1. The van der Waals surface area contributed by atoms with E-state index in [9.17, 15) is 4.79 Å². The monoisotopic (exact) mass is 355 g/mol. The van der Waals surface area contributed by atoms with E-state index >= 15 is 0 Å². The van der Waals surface area contributed by atoms with Crippen molar-refractivity contribution >= 4 is 56.7 Å². The molecule has 0 aliphatic carbocycles. The Kier molecular flexibility index (Phi) is 4.08. The van der Waals surface area contributed by atoms with Crippen molar-refractivity contribution < 1.29 is 4.79 Å². The summed E-state index contributed by atoms with van der Waals surface area (Å²) in [6.07, 6.45) is 1.74. The summed E-state index contributed by atoms with van der Waals surface area (Å²) in [7, 11) is 0. The van der Waals surface area contributed by atoms with Crippen molar-refractivity contribution in [1.82, 2.24) is 9.97 Å². The summed E-state index contributed by atoms with van der Waals surface area (Å²) in [4.78, 5) is 23.5. The van der Waals surface area contributed by atoms with Crippen LogP contribution in [0.3, 0.4) is 0 Å². The fourth-order valence-corrected chi connectivity index (χ4v) is 4.43. The van der Waals surface area contributed by atoms with Crippen molar-refractivity contribution in [2.24, 2.45) is 0 Å². The van der Waals surface area contributed by atoms with Gasteiger partial charge in [-0.15, -0.1) is 34.0 Å². The van der Waals surface area contributed by atoms with Gasteiger partial charge in [0.25, 0.3) is 5.91 Å². The molecule has 0 fully saturated rings. The van der Waals surface area contributed by atoms with Crippen LogP contribution in [0, 0.1) is 13.8 Å². The van der Waals surface area contributed by atoms with Gasteiger partial charge in [-0.05, 0) is 26.0 Å². The summed E-state index contributed by atoms with van der Waals surface area (Å²) < 4.78 is 0.710. The maximum atomic E-state index is 12.3. The number of aryl methyl sites for hydroxylation is 2. The molecule has 0 radical (unpaired) electrons. The molecule has 0 aliphatic rings. The highest BCUT2D eigenvalue weighted by Crippen LogP contribution is 2.35. The van der Waals surface area contributed by atoms with Gasteiger partial charge in [-0.1, -0.05) is 11.6 Å². The number of carbonyl (C=O) groups excluding carboxylic acids is 1. The minimum atomic E-state index is -0.173. The number of hydrogen-bond acceptors (Lipinski definition) is 6. The number of anilines is 1. The molecule has 0 aliphatic heterocycles. The predicted octanol–water partition coefficient (Wildman–Crippen LogP) is 4.85. The third kappa shape index (κ3) is 3.16. The molecule has 0 atom stereocenters. The molecule has 1 N–H and O–H groups in total. The first-order valence-corrected chi connectivity index (χ1v) is 8.82. The molecule has 3 rings (SSSR count). The molecule has 0 bridgehead atoms. The highest BCUT2D eigenvalue weighted by Gasteiger charge is 2.18. The van der Waals surface area contributed by atoms with Crippen LogP contribution >= 0.6 is 45.6 Å². The molecule has 3 aromatic rings. The summed E-state index contributed by atoms with van der Waals surface area (Å²) in [5.74, 6) is -0.173. The average molecular weight is 356 g/mol. The van der Waals surface area contributed by atoms with Crippen LogP contribution in [0.2, 0.25) is 4.34 Å². The summed E-state index contributed by atoms with van der Waals surface area (Å²) in [5.41, 5.74) is 0.713. The lowest BCUT2D eigenvalue weighted by Gasteiger charge is -1.98. The summed E-state index contributed by atoms with van der Waals surface area (Å²) in [6, 6.07) is 3.74. The van der Waals surface area contributed by atoms with E-state index in [1.807, 2.05) is 26.0 Å². The summed E-state index contributed by atoms with van der Waals surface area (Å²) in [5, 5.41) is 4.22. The van der Waals surface area contributed by atoms with Crippen LogP contribution in [-0.4, -0.2) is 15.9 Å². The zero-order chi connectivity index (χ0) is 15.0. The molecule has 0 unspecified atom stereocenters. The minimum Gasteiger partial charge on any atom is -0.297 e. The molecule has 0 saturated heterocycles. The first kappa shape index (κ1) is 14.6. The van der Waals surface area contributed by atoms with Crippen molar-refractivity contribution in [1.29, 1.82) is 0 Å². The van der Waals surface area contributed by atoms with E-state index in [1.165, 1.54) is 34.0 Å². The Labute approximate surface area is 138 Å². The van der Waals surface area contributed by atoms with Crippen molar-refractivity contribution in [2.75, 3.05) is 5.32 Å². The van der Waals surface area contributed by atoms with Gasteiger partial charge in [0, 0.05) is 11.1 Å². The molecule has 0 spiro atoms. The van der Waals surface area contributed by atoms with Crippen LogP contribution in [0.5, 0.6) is 0 Å². The van der Waals surface area contributed by atoms with E-state index in [0.717, 1.165) is 14.8 Å². The molecular weight excluding hydrogens is 346 g/mol. The highest BCUT2D eigenvalue weighted by molar-refractivity contribution is 7.24. The Morgan fingerprint density at radius 3 is 2.67 bits per heavy atom. The second kappa shape index (κ2) is 5.84. The summed E-state index contributed by atoms with van der Waals surface area (Å²) >= 11 is 10.2. The van der Waals surface area contributed by atoms with Crippen LogP contribution in [-0.2, 0) is 0 Å². The van der Waals surface area contributed by atoms with Crippen LogP contribution < -0.4 is 5.32 Å². The van der Waals surface area contributed by atoms with Gasteiger partial charge in [-0.2, -0.15) is 0 Å². The van der Waals surface area contributed by atoms with Gasteiger partial charge in [0.15, 0.2) is 5.13 Å². The molecular formula is C13H10ClN3OS3. The molecule has 0 saturated carbocycles. The van der Waals surface area contributed by atoms with E-state index in [4.69, 9.17) is 11.6 Å². The van der Waals surface area contributed by atoms with Crippen molar-refractivity contribution in [3.05, 3.63) is 38.1 Å². The number of thiazole rings is 2. The van der Waals surface area contributed by atoms with E-state index < -0.39 is 0 Å². The van der Waals surface area contributed by atoms with Crippen LogP contribution in [0.1, 0.15) is 20.2 Å². The Morgan fingerprint density at radius 2 is 2.05 bits per heavy atom. The molecule has 3 aromatic heterocycles. The Hall–Kier alpha value is -1.28. The lowest BCUT2D eigenvalue weighted by Crippen LogP contribution is -2.11. The molecule has 3 heterocycles. The third-order valence-electron chi connectivity index (χ3n) is 2.63. The van der Waals surface area contributed by atoms with E-state index in [2.05, 4.69) is 15.3 Å². The van der Waals surface area contributed by atoms with Crippen LogP contribution in [0.4, 0.5) is 5.13 Å². The number of halogens is 1. The minimum absolute atomic E-state index is 0.173. The van der Waals surface area contributed by atoms with Crippen molar-refractivity contribution in [3.63, 3.8) is 0 Å². The molecule has 1 amide bonds. The van der Waals surface area contributed by atoms with Gasteiger partial charge >= 0.3 is 0 Å². The predicted molar refractivity (Wildman–Crippen MR) is 90.0 cm³/mol. The van der Waals surface area contributed by atoms with Crippen molar-refractivity contribution in [3.8, 4) is 9.88 Å². The van der Waals surface area contributed by atoms with E-state index in [1.54, 1.807) is 6.20 Å². The van der Waals surface area contributed by atoms with Gasteiger partial charge in [0.2, 0.25) is 0 Å². The maximum Gasteiger partial charge on any atom is 0.269 e. The van der Waals surface area contributed by atoms with Crippen LogP contribution in [0.15, 0.2) is 18.3 Å². The number of nitrogens with one attached hydrogen (secondary N) is 1. The topological polar surface area (TPSA) is 54.9 Å². The Bertz CT molecular complexity index is 805. The van der Waals surface area contributed by atoms with Gasteiger partial charge in [-0.3, -0.25) is 10.1 Å². The second-order valence-electron chi connectivity index (χ2n) is 4.27. The van der Waals surface area contributed by atoms with E-state index in [-0.39, 0.29) is 5.91 Å². The number of rotatable bonds is 3. The number of carbonyl (C=O) groups is 1. The molecule has 4 nitrogen and oxygen atoms in total. The quantitative estimate of drug-likeness (QED) is 0.730. The lowest BCUT2D eigenvalue weighted by atomic mass is 10.4. The molecule has 21 heavy (non-hydrogen) atoms. The number of amides is 1. The maximum absolute atomic E-state index is 12.3. The SMILES string of the molecule is Cc1cnc(NC(=O)c2sc(-c3ccc(Cl)s3)nc2C)s1. The number of nitrogens with zero attached hydrogens (tertiary/aromatic N) is 2. The fourth-order valence-electron chi connectivity index (χ4n) is 1.71. The van der Waals surface area contributed by atoms with Gasteiger partial charge in [0.1, 0.15) is 9.88 Å². The first-order chi connectivity index (χ1) is 10.0. The third-order valence-corrected chi connectivity index (χ3v) is 6.01. The largest absolute Gasteiger partial charge is 0.297 e. The summed E-state index contributed by atoms with van der Waals surface area (Å²) in [6.45, 7) is 3.78. The Balaban J connectivity index is 1.85. The standard InChI is InChI=1S/C13H10ClN3OS3/c1-6-5-15-13(19-6)17-11(18)10-7(2)16-12(21-10)8-3-4-9(14)20-8/h3-5H,1-2H3,(H,15,17,18). The van der Waals surface area contributed by atoms with E-state index in [0.29, 0.717) is 20.0 Å². The number of hydrogen-bond donors (Lipinski definition) is 1. The fraction of sp³-hybridized carbons (Fsp3) is 0.154. The molecule has 0 aromatic carbocycles. The normalized spacial score (nSPS) is 10.8. The van der Waals surface area contributed by atoms with Gasteiger partial charge < -0.3 is 0 Å². The van der Waals surface area contributed by atoms with Gasteiger partial charge in [-0.25, -0.2) is 9.97 Å². The second-order valence-corrected chi connectivity index (χ2v) is 8.22. The average Bonchev–Trinajstić information content (AvgIpc) is 3.11. The lowest BCUT2D eigenvalue weighted by molar-refractivity contribution is 0.103. The van der Waals surface area contributed by atoms with Crippen molar-refractivity contribution in [2.45, 2.75) is 13.8 Å². The molecule has 8 heteroatoms.